The van der Waals surface area contributed by atoms with Gasteiger partial charge in [-0.1, -0.05) is 63.4 Å². The molecule has 1 heterocycles. The average Bonchev–Trinajstić information content (AvgIpc) is 2.91. The maximum atomic E-state index is 10.5. The molecule has 1 aromatic heterocycles. The molecule has 120 valence electrons. The molecule has 0 saturated heterocycles. The van der Waals surface area contributed by atoms with E-state index in [1.165, 1.54) is 55.2 Å². The minimum absolute atomic E-state index is 0.685. The molecule has 1 aliphatic rings. The van der Waals surface area contributed by atoms with Crippen LogP contribution in [0.5, 0.6) is 0 Å². The number of hydrogen-bond acceptors (Lipinski definition) is 3. The Bertz CT molecular complexity index is 586. The third kappa shape index (κ3) is 4.29. The van der Waals surface area contributed by atoms with Crippen LogP contribution >= 0.6 is 11.3 Å². The zero-order valence-corrected chi connectivity index (χ0v) is 14.4. The number of benzene rings is 1. The van der Waals surface area contributed by atoms with Crippen molar-refractivity contribution in [2.45, 2.75) is 64.7 Å². The maximum absolute atomic E-state index is 10.5. The van der Waals surface area contributed by atoms with Crippen LogP contribution in [0.15, 0.2) is 18.2 Å². The maximum Gasteiger partial charge on any atom is 0.213 e. The van der Waals surface area contributed by atoms with Crippen molar-refractivity contribution < 1.29 is 4.79 Å². The SMILES string of the molecule is CC.O=CNc1nc2ccc(C3CCCCCCC3)cc2s1. The monoisotopic (exact) mass is 318 g/mol. The number of carbonyl (C=O) groups excluding carboxylic acids is 1. The predicted molar refractivity (Wildman–Crippen MR) is 95.7 cm³/mol. The van der Waals surface area contributed by atoms with Crippen LogP contribution in [0, 0.1) is 0 Å². The van der Waals surface area contributed by atoms with E-state index in [9.17, 15) is 4.79 Å². The molecule has 0 atom stereocenters. The van der Waals surface area contributed by atoms with Crippen LogP contribution in [0.4, 0.5) is 5.13 Å². The Morgan fingerprint density at radius 2 is 1.82 bits per heavy atom. The second kappa shape index (κ2) is 8.89. The third-order valence-electron chi connectivity index (χ3n) is 4.17. The highest BCUT2D eigenvalue weighted by Gasteiger charge is 2.15. The number of nitrogens with zero attached hydrogens (tertiary/aromatic N) is 1. The molecule has 0 radical (unpaired) electrons. The Balaban J connectivity index is 0.000000847. The molecule has 4 heteroatoms. The Kier molecular flexibility index (Phi) is 6.84. The summed E-state index contributed by atoms with van der Waals surface area (Å²) >= 11 is 1.56. The molecular formula is C18H26N2OS. The zero-order chi connectivity index (χ0) is 15.8. The zero-order valence-electron chi connectivity index (χ0n) is 13.6. The van der Waals surface area contributed by atoms with Gasteiger partial charge in [-0.25, -0.2) is 4.98 Å². The van der Waals surface area contributed by atoms with Gasteiger partial charge in [0.05, 0.1) is 10.2 Å². The summed E-state index contributed by atoms with van der Waals surface area (Å²) in [5, 5.41) is 3.33. The first-order chi connectivity index (χ1) is 10.9. The molecule has 1 amide bonds. The van der Waals surface area contributed by atoms with E-state index in [0.717, 1.165) is 5.52 Å². The van der Waals surface area contributed by atoms with Crippen molar-refractivity contribution in [1.82, 2.24) is 4.98 Å². The van der Waals surface area contributed by atoms with Gasteiger partial charge in [0.25, 0.3) is 0 Å². The van der Waals surface area contributed by atoms with E-state index < -0.39 is 0 Å². The van der Waals surface area contributed by atoms with Crippen LogP contribution in [-0.4, -0.2) is 11.4 Å². The van der Waals surface area contributed by atoms with Gasteiger partial charge in [-0.15, -0.1) is 0 Å². The van der Waals surface area contributed by atoms with E-state index >= 15 is 0 Å². The van der Waals surface area contributed by atoms with Crippen molar-refractivity contribution in [3.8, 4) is 0 Å². The number of aromatic nitrogens is 1. The number of carbonyl (C=O) groups is 1. The van der Waals surface area contributed by atoms with Gasteiger partial charge < -0.3 is 5.32 Å². The Hall–Kier alpha value is -1.42. The number of rotatable bonds is 3. The summed E-state index contributed by atoms with van der Waals surface area (Å²) in [6, 6.07) is 6.59. The topological polar surface area (TPSA) is 42.0 Å². The second-order valence-corrected chi connectivity index (χ2v) is 6.58. The lowest BCUT2D eigenvalue weighted by Gasteiger charge is -2.20. The number of thiazole rings is 1. The molecule has 3 rings (SSSR count). The second-order valence-electron chi connectivity index (χ2n) is 5.55. The largest absolute Gasteiger partial charge is 0.305 e. The molecule has 22 heavy (non-hydrogen) atoms. The summed E-state index contributed by atoms with van der Waals surface area (Å²) in [5.41, 5.74) is 2.43. The average molecular weight is 318 g/mol. The first-order valence-electron chi connectivity index (χ1n) is 8.47. The quantitative estimate of drug-likeness (QED) is 0.735. The van der Waals surface area contributed by atoms with Gasteiger partial charge in [0.1, 0.15) is 0 Å². The number of nitrogens with one attached hydrogen (secondary N) is 1. The number of anilines is 1. The first-order valence-corrected chi connectivity index (χ1v) is 9.29. The van der Waals surface area contributed by atoms with Crippen molar-refractivity contribution >= 4 is 33.1 Å². The van der Waals surface area contributed by atoms with Crippen LogP contribution in [0.3, 0.4) is 0 Å². The highest BCUT2D eigenvalue weighted by molar-refractivity contribution is 7.22. The molecule has 1 fully saturated rings. The third-order valence-corrected chi connectivity index (χ3v) is 5.12. The summed E-state index contributed by atoms with van der Waals surface area (Å²) in [6.45, 7) is 4.00. The molecule has 0 bridgehead atoms. The van der Waals surface area contributed by atoms with E-state index in [2.05, 4.69) is 28.5 Å². The van der Waals surface area contributed by atoms with E-state index in [4.69, 9.17) is 0 Å². The van der Waals surface area contributed by atoms with Crippen LogP contribution in [0.1, 0.15) is 70.3 Å². The molecular weight excluding hydrogens is 292 g/mol. The molecule has 1 aliphatic carbocycles. The molecule has 1 aromatic carbocycles. The first kappa shape index (κ1) is 16.9. The van der Waals surface area contributed by atoms with Crippen molar-refractivity contribution in [2.75, 3.05) is 5.32 Å². The molecule has 1 saturated carbocycles. The summed E-state index contributed by atoms with van der Waals surface area (Å²) in [7, 11) is 0. The lowest BCUT2D eigenvalue weighted by Crippen LogP contribution is -2.02. The summed E-state index contributed by atoms with van der Waals surface area (Å²) in [4.78, 5) is 14.9. The normalized spacial score (nSPS) is 16.3. The number of hydrogen-bond donors (Lipinski definition) is 1. The lowest BCUT2D eigenvalue weighted by atomic mass is 9.86. The molecule has 0 spiro atoms. The van der Waals surface area contributed by atoms with Gasteiger partial charge >= 0.3 is 0 Å². The van der Waals surface area contributed by atoms with E-state index in [1.54, 1.807) is 11.3 Å². The minimum atomic E-state index is 0.685. The number of amides is 1. The van der Waals surface area contributed by atoms with Crippen LogP contribution in [0.25, 0.3) is 10.2 Å². The minimum Gasteiger partial charge on any atom is -0.305 e. The van der Waals surface area contributed by atoms with Gasteiger partial charge in [0.15, 0.2) is 5.13 Å². The molecule has 1 N–H and O–H groups in total. The fraction of sp³-hybridized carbons (Fsp3) is 0.556. The Morgan fingerprint density at radius 3 is 2.50 bits per heavy atom. The highest BCUT2D eigenvalue weighted by Crippen LogP contribution is 2.34. The van der Waals surface area contributed by atoms with Gasteiger partial charge in [-0.2, -0.15) is 0 Å². The molecule has 2 aromatic rings. The van der Waals surface area contributed by atoms with Gasteiger partial charge in [-0.3, -0.25) is 4.79 Å². The Morgan fingerprint density at radius 1 is 1.14 bits per heavy atom. The smallest absolute Gasteiger partial charge is 0.213 e. The van der Waals surface area contributed by atoms with Crippen LogP contribution in [-0.2, 0) is 4.79 Å². The predicted octanol–water partition coefficient (Wildman–Crippen LogP) is 5.72. The number of fused-ring (bicyclic) bond motifs is 1. The summed E-state index contributed by atoms with van der Waals surface area (Å²) in [6.07, 6.45) is 10.2. The van der Waals surface area contributed by atoms with Gasteiger partial charge in [0, 0.05) is 0 Å². The summed E-state index contributed by atoms with van der Waals surface area (Å²) in [5.74, 6) is 0.698. The summed E-state index contributed by atoms with van der Waals surface area (Å²) < 4.78 is 1.17. The van der Waals surface area contributed by atoms with Gasteiger partial charge in [-0.05, 0) is 36.5 Å². The fourth-order valence-electron chi connectivity index (χ4n) is 3.10. The van der Waals surface area contributed by atoms with E-state index in [1.807, 2.05) is 13.8 Å². The van der Waals surface area contributed by atoms with Crippen molar-refractivity contribution in [3.05, 3.63) is 23.8 Å². The van der Waals surface area contributed by atoms with Crippen molar-refractivity contribution in [3.63, 3.8) is 0 Å². The van der Waals surface area contributed by atoms with E-state index in [-0.39, 0.29) is 0 Å². The van der Waals surface area contributed by atoms with Crippen LogP contribution < -0.4 is 5.32 Å². The van der Waals surface area contributed by atoms with Gasteiger partial charge in [0.2, 0.25) is 6.41 Å². The fourth-order valence-corrected chi connectivity index (χ4v) is 3.97. The lowest BCUT2D eigenvalue weighted by molar-refractivity contribution is -0.105. The highest BCUT2D eigenvalue weighted by atomic mass is 32.1. The van der Waals surface area contributed by atoms with Crippen molar-refractivity contribution in [2.24, 2.45) is 0 Å². The molecule has 3 nitrogen and oxygen atoms in total. The molecule has 0 unspecified atom stereocenters. The Labute approximate surface area is 137 Å². The van der Waals surface area contributed by atoms with E-state index in [0.29, 0.717) is 17.5 Å². The van der Waals surface area contributed by atoms with Crippen LogP contribution in [0.2, 0.25) is 0 Å². The standard InChI is InChI=1S/C16H20N2OS.C2H6/c19-11-17-16-18-14-9-8-13(10-15(14)20-16)12-6-4-2-1-3-5-7-12;1-2/h8-12H,1-7H2,(H,17,18,19);1-2H3. The van der Waals surface area contributed by atoms with Crippen molar-refractivity contribution in [1.29, 1.82) is 0 Å². The molecule has 0 aliphatic heterocycles.